The molecule has 0 saturated heterocycles. The third-order valence-electron chi connectivity index (χ3n) is 5.98. The van der Waals surface area contributed by atoms with E-state index >= 15 is 0 Å². The predicted octanol–water partition coefficient (Wildman–Crippen LogP) is 4.52. The number of rotatable bonds is 9. The number of nitrogens with zero attached hydrogens (tertiary/aromatic N) is 4. The summed E-state index contributed by atoms with van der Waals surface area (Å²) in [6.07, 6.45) is 2.23. The van der Waals surface area contributed by atoms with Crippen molar-refractivity contribution in [3.05, 3.63) is 53.1 Å². The molecule has 0 fully saturated rings. The Balaban J connectivity index is 1.49. The van der Waals surface area contributed by atoms with E-state index in [1.165, 1.54) is 12.7 Å². The second-order valence-electron chi connectivity index (χ2n) is 9.17. The van der Waals surface area contributed by atoms with Crippen molar-refractivity contribution in [1.82, 2.24) is 15.5 Å². The molecule has 3 aromatic rings. The Morgan fingerprint density at radius 1 is 1.25 bits per heavy atom. The standard InChI is InChI=1S/C27H31N5O4/c1-17(2)35-24-10-8-21(14-22(24)15-28)26-30-27(31-36-26)32-11-5-6-20-13-19(7-9-23(20)32)16-29-18(3)12-25(33)34-4/h7-10,13-14,17-18,29H,5-6,11-12,16H2,1-4H3. The molecule has 1 aliphatic heterocycles. The van der Waals surface area contributed by atoms with Gasteiger partial charge in [-0.1, -0.05) is 12.1 Å². The van der Waals surface area contributed by atoms with Crippen molar-refractivity contribution >= 4 is 17.6 Å². The van der Waals surface area contributed by atoms with E-state index < -0.39 is 0 Å². The van der Waals surface area contributed by atoms with E-state index in [1.54, 1.807) is 12.1 Å². The number of aromatic nitrogens is 2. The third-order valence-corrected chi connectivity index (χ3v) is 5.98. The normalized spacial score (nSPS) is 13.7. The monoisotopic (exact) mass is 489 g/mol. The number of hydrogen-bond acceptors (Lipinski definition) is 9. The molecule has 0 spiro atoms. The molecule has 9 heteroatoms. The lowest BCUT2D eigenvalue weighted by Crippen LogP contribution is -2.29. The quantitative estimate of drug-likeness (QED) is 0.433. The molecule has 1 aliphatic rings. The lowest BCUT2D eigenvalue weighted by molar-refractivity contribution is -0.141. The molecular weight excluding hydrogens is 458 g/mol. The summed E-state index contributed by atoms with van der Waals surface area (Å²) in [5.74, 6) is 1.15. The van der Waals surface area contributed by atoms with E-state index in [1.807, 2.05) is 26.8 Å². The lowest BCUT2D eigenvalue weighted by atomic mass is 9.99. The van der Waals surface area contributed by atoms with Gasteiger partial charge in [0.25, 0.3) is 11.8 Å². The van der Waals surface area contributed by atoms with Crippen LogP contribution in [0.3, 0.4) is 0 Å². The molecule has 1 N–H and O–H groups in total. The zero-order valence-corrected chi connectivity index (χ0v) is 21.1. The predicted molar refractivity (Wildman–Crippen MR) is 135 cm³/mol. The van der Waals surface area contributed by atoms with Gasteiger partial charge < -0.3 is 24.2 Å². The highest BCUT2D eigenvalue weighted by atomic mass is 16.5. The molecule has 0 radical (unpaired) electrons. The van der Waals surface area contributed by atoms with Crippen molar-refractivity contribution in [2.75, 3.05) is 18.6 Å². The van der Waals surface area contributed by atoms with Gasteiger partial charge in [0, 0.05) is 30.4 Å². The molecule has 0 amide bonds. The number of carbonyl (C=O) groups is 1. The number of anilines is 2. The van der Waals surface area contributed by atoms with Crippen molar-refractivity contribution in [2.45, 2.75) is 58.7 Å². The van der Waals surface area contributed by atoms with Crippen LogP contribution in [0, 0.1) is 11.3 Å². The average Bonchev–Trinajstić information content (AvgIpc) is 3.37. The van der Waals surface area contributed by atoms with Gasteiger partial charge in [0.05, 0.1) is 25.2 Å². The number of hydrogen-bond donors (Lipinski definition) is 1. The molecule has 36 heavy (non-hydrogen) atoms. The third kappa shape index (κ3) is 5.83. The van der Waals surface area contributed by atoms with Crippen LogP contribution in [0.2, 0.25) is 0 Å². The number of carbonyl (C=O) groups excluding carboxylic acids is 1. The number of ether oxygens (including phenoxy) is 2. The fourth-order valence-corrected chi connectivity index (χ4v) is 4.22. The molecule has 2 heterocycles. The smallest absolute Gasteiger partial charge is 0.307 e. The summed E-state index contributed by atoms with van der Waals surface area (Å²) < 4.78 is 16.0. The van der Waals surface area contributed by atoms with E-state index in [0.29, 0.717) is 41.7 Å². The molecule has 0 saturated carbocycles. The number of nitrogens with one attached hydrogen (secondary N) is 1. The number of methoxy groups -OCH3 is 1. The first-order valence-corrected chi connectivity index (χ1v) is 12.1. The maximum absolute atomic E-state index is 11.5. The van der Waals surface area contributed by atoms with Crippen LogP contribution in [0.5, 0.6) is 5.75 Å². The van der Waals surface area contributed by atoms with Crippen molar-refractivity contribution < 1.29 is 18.8 Å². The van der Waals surface area contributed by atoms with Crippen LogP contribution < -0.4 is 15.0 Å². The van der Waals surface area contributed by atoms with Crippen molar-refractivity contribution in [3.8, 4) is 23.3 Å². The van der Waals surface area contributed by atoms with Crippen LogP contribution in [-0.4, -0.2) is 41.9 Å². The van der Waals surface area contributed by atoms with Gasteiger partial charge in [0.15, 0.2) is 0 Å². The van der Waals surface area contributed by atoms with Gasteiger partial charge in [0.1, 0.15) is 11.8 Å². The van der Waals surface area contributed by atoms with Crippen LogP contribution in [-0.2, 0) is 22.5 Å². The zero-order chi connectivity index (χ0) is 25.7. The van der Waals surface area contributed by atoms with Crippen molar-refractivity contribution in [3.63, 3.8) is 0 Å². The number of benzene rings is 2. The van der Waals surface area contributed by atoms with Gasteiger partial charge in [-0.25, -0.2) is 0 Å². The highest BCUT2D eigenvalue weighted by Gasteiger charge is 2.23. The highest BCUT2D eigenvalue weighted by molar-refractivity contribution is 5.70. The Morgan fingerprint density at radius 3 is 2.83 bits per heavy atom. The maximum Gasteiger partial charge on any atom is 0.307 e. The van der Waals surface area contributed by atoms with Crippen LogP contribution >= 0.6 is 0 Å². The molecule has 9 nitrogen and oxygen atoms in total. The second-order valence-corrected chi connectivity index (χ2v) is 9.17. The first kappa shape index (κ1) is 25.2. The molecule has 0 bridgehead atoms. The topological polar surface area (TPSA) is 114 Å². The van der Waals surface area contributed by atoms with Gasteiger partial charge in [-0.2, -0.15) is 10.2 Å². The molecule has 1 unspecified atom stereocenters. The average molecular weight is 490 g/mol. The van der Waals surface area contributed by atoms with Gasteiger partial charge in [-0.15, -0.1) is 0 Å². The Kier molecular flexibility index (Phi) is 7.86. The minimum atomic E-state index is -0.223. The highest BCUT2D eigenvalue weighted by Crippen LogP contribution is 2.34. The van der Waals surface area contributed by atoms with Gasteiger partial charge in [0.2, 0.25) is 0 Å². The van der Waals surface area contributed by atoms with Crippen LogP contribution in [0.4, 0.5) is 11.6 Å². The molecule has 1 atom stereocenters. The first-order valence-electron chi connectivity index (χ1n) is 12.1. The molecule has 0 aliphatic carbocycles. The fourth-order valence-electron chi connectivity index (χ4n) is 4.22. The number of esters is 1. The summed E-state index contributed by atoms with van der Waals surface area (Å²) in [6, 6.07) is 13.8. The Hall–Kier alpha value is -3.90. The number of nitriles is 1. The zero-order valence-electron chi connectivity index (χ0n) is 21.1. The molecule has 2 aromatic carbocycles. The van der Waals surface area contributed by atoms with E-state index in [9.17, 15) is 10.1 Å². The second kappa shape index (κ2) is 11.2. The number of fused-ring (bicyclic) bond motifs is 1. The molecular formula is C27H31N5O4. The van der Waals surface area contributed by atoms with Gasteiger partial charge >= 0.3 is 5.97 Å². The minimum absolute atomic E-state index is 0.0234. The summed E-state index contributed by atoms with van der Waals surface area (Å²) in [6.45, 7) is 7.25. The van der Waals surface area contributed by atoms with Gasteiger partial charge in [-0.05, 0) is 74.2 Å². The van der Waals surface area contributed by atoms with Gasteiger partial charge in [-0.3, -0.25) is 4.79 Å². The number of aryl methyl sites for hydroxylation is 1. The van der Waals surface area contributed by atoms with Crippen LogP contribution in [0.1, 0.15) is 50.3 Å². The summed E-state index contributed by atoms with van der Waals surface area (Å²) in [7, 11) is 1.40. The minimum Gasteiger partial charge on any atom is -0.490 e. The van der Waals surface area contributed by atoms with E-state index in [2.05, 4.69) is 44.6 Å². The van der Waals surface area contributed by atoms with Crippen LogP contribution in [0.15, 0.2) is 40.9 Å². The maximum atomic E-state index is 11.5. The molecule has 1 aromatic heterocycles. The van der Waals surface area contributed by atoms with E-state index in [-0.39, 0.29) is 18.1 Å². The largest absolute Gasteiger partial charge is 0.490 e. The summed E-state index contributed by atoms with van der Waals surface area (Å²) in [5, 5.41) is 17.1. The Bertz CT molecular complexity index is 1260. The summed E-state index contributed by atoms with van der Waals surface area (Å²) in [5.41, 5.74) is 4.51. The Labute approximate surface area is 211 Å². The first-order chi connectivity index (χ1) is 17.4. The molecule has 4 rings (SSSR count). The molecule has 188 valence electrons. The SMILES string of the molecule is COC(=O)CC(C)NCc1ccc2c(c1)CCCN2c1noc(-c2ccc(OC(C)C)c(C#N)c2)n1. The summed E-state index contributed by atoms with van der Waals surface area (Å²) >= 11 is 0. The Morgan fingerprint density at radius 2 is 2.08 bits per heavy atom. The van der Waals surface area contributed by atoms with E-state index in [4.69, 9.17) is 14.0 Å². The summed E-state index contributed by atoms with van der Waals surface area (Å²) in [4.78, 5) is 18.2. The fraction of sp³-hybridized carbons (Fsp3) is 0.407. The van der Waals surface area contributed by atoms with E-state index in [0.717, 1.165) is 30.6 Å². The van der Waals surface area contributed by atoms with Crippen LogP contribution in [0.25, 0.3) is 11.5 Å². The van der Waals surface area contributed by atoms with Crippen molar-refractivity contribution in [1.29, 1.82) is 5.26 Å². The van der Waals surface area contributed by atoms with Crippen molar-refractivity contribution in [2.24, 2.45) is 0 Å². The lowest BCUT2D eigenvalue weighted by Gasteiger charge is -2.28.